The first-order valence-electron chi connectivity index (χ1n) is 9.87. The highest BCUT2D eigenvalue weighted by atomic mass is 32.1. The van der Waals surface area contributed by atoms with E-state index < -0.39 is 17.6 Å². The molecule has 0 unspecified atom stereocenters. The van der Waals surface area contributed by atoms with E-state index >= 15 is 0 Å². The van der Waals surface area contributed by atoms with E-state index in [1.165, 1.54) is 24.3 Å². The number of benzene rings is 3. The Balaban J connectivity index is 1.64. The van der Waals surface area contributed by atoms with Crippen LogP contribution in [-0.4, -0.2) is 16.9 Å². The van der Waals surface area contributed by atoms with E-state index in [2.05, 4.69) is 5.32 Å². The lowest BCUT2D eigenvalue weighted by Gasteiger charge is -2.29. The van der Waals surface area contributed by atoms with Crippen LogP contribution in [0.5, 0.6) is 5.75 Å². The molecule has 3 aromatic rings. The first-order valence-corrected chi connectivity index (χ1v) is 10.3. The van der Waals surface area contributed by atoms with Crippen molar-refractivity contribution in [3.05, 3.63) is 101 Å². The van der Waals surface area contributed by atoms with E-state index in [9.17, 15) is 14.0 Å². The zero-order valence-electron chi connectivity index (χ0n) is 17.2. The van der Waals surface area contributed by atoms with Crippen molar-refractivity contribution in [2.75, 3.05) is 4.90 Å². The highest BCUT2D eigenvalue weighted by Gasteiger charge is 2.35. The molecule has 2 amide bonds. The van der Waals surface area contributed by atoms with Gasteiger partial charge >= 0.3 is 0 Å². The molecule has 1 fully saturated rings. The highest BCUT2D eigenvalue weighted by molar-refractivity contribution is 7.80. The first-order chi connectivity index (χ1) is 15.4. The van der Waals surface area contributed by atoms with Crippen LogP contribution in [0.3, 0.4) is 0 Å². The number of hydrogen-bond acceptors (Lipinski definition) is 4. The second kappa shape index (κ2) is 9.11. The number of aryl methyl sites for hydroxylation is 1. The normalized spacial score (nSPS) is 15.1. The molecule has 1 aliphatic heterocycles. The van der Waals surface area contributed by atoms with Gasteiger partial charge in [0, 0.05) is 5.56 Å². The molecule has 1 heterocycles. The second-order valence-electron chi connectivity index (χ2n) is 7.22. The Labute approximate surface area is 190 Å². The highest BCUT2D eigenvalue weighted by Crippen LogP contribution is 2.27. The summed E-state index contributed by atoms with van der Waals surface area (Å²) < 4.78 is 20.3. The molecule has 1 N–H and O–H groups in total. The van der Waals surface area contributed by atoms with Gasteiger partial charge in [-0.1, -0.05) is 60.2 Å². The molecular formula is C25H19FN2O3S. The number of thiocarbonyl (C=S) groups is 1. The van der Waals surface area contributed by atoms with Crippen molar-refractivity contribution in [1.82, 2.24) is 5.32 Å². The van der Waals surface area contributed by atoms with Crippen molar-refractivity contribution in [1.29, 1.82) is 0 Å². The van der Waals surface area contributed by atoms with Crippen LogP contribution >= 0.6 is 12.2 Å². The van der Waals surface area contributed by atoms with Gasteiger partial charge in [-0.25, -0.2) is 9.29 Å². The summed E-state index contributed by atoms with van der Waals surface area (Å²) in [5, 5.41) is 2.29. The van der Waals surface area contributed by atoms with Crippen molar-refractivity contribution in [3.8, 4) is 5.75 Å². The van der Waals surface area contributed by atoms with E-state index in [0.717, 1.165) is 16.0 Å². The smallest absolute Gasteiger partial charge is 0.270 e. The Morgan fingerprint density at radius 2 is 1.69 bits per heavy atom. The molecule has 32 heavy (non-hydrogen) atoms. The van der Waals surface area contributed by atoms with Crippen LogP contribution in [0.2, 0.25) is 0 Å². The fourth-order valence-electron chi connectivity index (χ4n) is 3.24. The Hall–Kier alpha value is -3.84. The van der Waals surface area contributed by atoms with Gasteiger partial charge in [-0.15, -0.1) is 0 Å². The summed E-state index contributed by atoms with van der Waals surface area (Å²) >= 11 is 5.13. The van der Waals surface area contributed by atoms with Crippen LogP contribution in [0.25, 0.3) is 6.08 Å². The molecule has 0 aromatic heterocycles. The van der Waals surface area contributed by atoms with E-state index in [0.29, 0.717) is 17.9 Å². The summed E-state index contributed by atoms with van der Waals surface area (Å²) in [4.78, 5) is 26.7. The van der Waals surface area contributed by atoms with Crippen LogP contribution < -0.4 is 15.0 Å². The molecule has 0 bridgehead atoms. The zero-order valence-corrected chi connectivity index (χ0v) is 18.0. The number of carbonyl (C=O) groups excluding carboxylic acids is 2. The maximum Gasteiger partial charge on any atom is 0.270 e. The summed E-state index contributed by atoms with van der Waals surface area (Å²) in [6, 6.07) is 20.7. The number of hydrogen-bond donors (Lipinski definition) is 1. The molecule has 3 aromatic carbocycles. The van der Waals surface area contributed by atoms with Gasteiger partial charge in [0.05, 0.1) is 5.69 Å². The van der Waals surface area contributed by atoms with Gasteiger partial charge < -0.3 is 4.74 Å². The van der Waals surface area contributed by atoms with E-state index in [1.807, 2.05) is 31.2 Å². The molecule has 0 radical (unpaired) electrons. The number of nitrogens with one attached hydrogen (secondary N) is 1. The summed E-state index contributed by atoms with van der Waals surface area (Å²) in [6.45, 7) is 2.33. The fourth-order valence-corrected chi connectivity index (χ4v) is 3.52. The monoisotopic (exact) mass is 446 g/mol. The summed E-state index contributed by atoms with van der Waals surface area (Å²) in [6.07, 6.45) is 1.43. The van der Waals surface area contributed by atoms with Crippen LogP contribution in [0.15, 0.2) is 78.4 Å². The van der Waals surface area contributed by atoms with Gasteiger partial charge in [-0.2, -0.15) is 0 Å². The number of ether oxygens (including phenoxy) is 1. The number of halogens is 1. The maximum atomic E-state index is 14.3. The topological polar surface area (TPSA) is 58.6 Å². The average Bonchev–Trinajstić information content (AvgIpc) is 2.78. The van der Waals surface area contributed by atoms with Gasteiger partial charge in [0.25, 0.3) is 11.8 Å². The molecule has 4 rings (SSSR count). The molecule has 0 saturated carbocycles. The Morgan fingerprint density at radius 1 is 1.00 bits per heavy atom. The lowest BCUT2D eigenvalue weighted by Crippen LogP contribution is -2.54. The van der Waals surface area contributed by atoms with Gasteiger partial charge in [0.1, 0.15) is 23.7 Å². The third-order valence-corrected chi connectivity index (χ3v) is 5.21. The van der Waals surface area contributed by atoms with E-state index in [4.69, 9.17) is 17.0 Å². The molecule has 160 valence electrons. The molecule has 0 spiro atoms. The number of para-hydroxylation sites is 2. The van der Waals surface area contributed by atoms with Crippen molar-refractivity contribution in [3.63, 3.8) is 0 Å². The lowest BCUT2D eigenvalue weighted by atomic mass is 10.1. The van der Waals surface area contributed by atoms with Gasteiger partial charge in [0.2, 0.25) is 0 Å². The van der Waals surface area contributed by atoms with Crippen molar-refractivity contribution < 1.29 is 18.7 Å². The molecule has 1 aliphatic rings. The standard InChI is InChI=1S/C25H19FN2O3S/c1-16-10-12-17(13-11-16)15-31-22-9-5-2-6-18(22)14-19-23(29)27-25(32)28(24(19)30)21-8-4-3-7-20(21)26/h2-14H,15H2,1H3,(H,27,29,32)/b19-14+. The second-order valence-corrected chi connectivity index (χ2v) is 7.61. The minimum absolute atomic E-state index is 0.0303. The Kier molecular flexibility index (Phi) is 6.09. The van der Waals surface area contributed by atoms with Crippen molar-refractivity contribution in [2.24, 2.45) is 0 Å². The van der Waals surface area contributed by atoms with Gasteiger partial charge in [0.15, 0.2) is 5.11 Å². The quantitative estimate of drug-likeness (QED) is 0.355. The van der Waals surface area contributed by atoms with E-state index in [1.54, 1.807) is 30.3 Å². The number of anilines is 1. The molecular weight excluding hydrogens is 427 g/mol. The number of rotatable bonds is 5. The molecule has 0 aliphatic carbocycles. The third kappa shape index (κ3) is 4.43. The zero-order chi connectivity index (χ0) is 22.7. The molecule has 0 atom stereocenters. The molecule has 1 saturated heterocycles. The van der Waals surface area contributed by atoms with Crippen LogP contribution in [0.4, 0.5) is 10.1 Å². The fraction of sp³-hybridized carbons (Fsp3) is 0.0800. The predicted molar refractivity (Wildman–Crippen MR) is 125 cm³/mol. The van der Waals surface area contributed by atoms with Crippen molar-refractivity contribution in [2.45, 2.75) is 13.5 Å². The number of nitrogens with zero attached hydrogens (tertiary/aromatic N) is 1. The molecule has 7 heteroatoms. The van der Waals surface area contributed by atoms with Gasteiger partial charge in [-0.3, -0.25) is 14.9 Å². The minimum atomic E-state index is -0.711. The summed E-state index contributed by atoms with van der Waals surface area (Å²) in [5.74, 6) is -1.48. The van der Waals surface area contributed by atoms with Crippen LogP contribution in [-0.2, 0) is 16.2 Å². The summed E-state index contributed by atoms with van der Waals surface area (Å²) in [7, 11) is 0. The summed E-state index contributed by atoms with van der Waals surface area (Å²) in [5.41, 5.74) is 2.48. The average molecular weight is 447 g/mol. The third-order valence-electron chi connectivity index (χ3n) is 4.93. The first kappa shape index (κ1) is 21.4. The van der Waals surface area contributed by atoms with Crippen LogP contribution in [0, 0.1) is 12.7 Å². The van der Waals surface area contributed by atoms with Crippen molar-refractivity contribution >= 4 is 40.9 Å². The van der Waals surface area contributed by atoms with E-state index in [-0.39, 0.29) is 16.4 Å². The molecule has 5 nitrogen and oxygen atoms in total. The maximum absolute atomic E-state index is 14.3. The SMILES string of the molecule is Cc1ccc(COc2ccccc2/C=C2\C(=O)NC(=S)N(c3ccccc3F)C2=O)cc1. The number of amides is 2. The van der Waals surface area contributed by atoms with Crippen LogP contribution in [0.1, 0.15) is 16.7 Å². The Morgan fingerprint density at radius 3 is 2.44 bits per heavy atom. The number of carbonyl (C=O) groups is 2. The minimum Gasteiger partial charge on any atom is -0.488 e. The Bertz CT molecular complexity index is 1240. The largest absolute Gasteiger partial charge is 0.488 e. The predicted octanol–water partition coefficient (Wildman–Crippen LogP) is 4.54. The lowest BCUT2D eigenvalue weighted by molar-refractivity contribution is -0.122. The van der Waals surface area contributed by atoms with Gasteiger partial charge in [-0.05, 0) is 49.0 Å².